The molecule has 0 spiro atoms. The highest BCUT2D eigenvalue weighted by Gasteiger charge is 2.02. The molecule has 0 aromatic carbocycles. The third-order valence-corrected chi connectivity index (χ3v) is 6.11. The summed E-state index contributed by atoms with van der Waals surface area (Å²) >= 11 is 0. The molecule has 164 valence electrons. The van der Waals surface area contributed by atoms with Gasteiger partial charge in [-0.2, -0.15) is 0 Å². The molecule has 2 N–H and O–H groups in total. The van der Waals surface area contributed by atoms with Crippen LogP contribution < -0.4 is 5.73 Å². The number of unbranched alkanes of at least 4 members (excludes halogenated alkanes) is 19. The molecule has 0 aromatic rings. The maximum Gasteiger partial charge on any atom is 0.00388 e. The lowest BCUT2D eigenvalue weighted by Crippen LogP contribution is -2.19. The number of nitrogens with two attached hydrogens (primary N) is 1. The zero-order chi connectivity index (χ0) is 19.8. The second-order valence-corrected chi connectivity index (χ2v) is 9.05. The van der Waals surface area contributed by atoms with Crippen molar-refractivity contribution in [1.29, 1.82) is 0 Å². The highest BCUT2D eigenvalue weighted by atomic mass is 14.6. The minimum Gasteiger partial charge on any atom is -0.328 e. The lowest BCUT2D eigenvalue weighted by molar-refractivity contribution is 0.478. The monoisotopic (exact) mass is 381 g/mol. The van der Waals surface area contributed by atoms with Gasteiger partial charge in [-0.25, -0.2) is 0 Å². The summed E-state index contributed by atoms with van der Waals surface area (Å²) in [7, 11) is 0. The maximum absolute atomic E-state index is 6.30. The van der Waals surface area contributed by atoms with Crippen molar-refractivity contribution in [2.24, 2.45) is 5.73 Å². The van der Waals surface area contributed by atoms with Crippen molar-refractivity contribution in [2.45, 2.75) is 168 Å². The standard InChI is InChI=1S/C26H55N/c1-3-5-7-9-11-13-15-17-19-21-23-25-26(27)24-22-20-18-16-14-12-10-8-6-4-2/h26H,3-25,27H2,1-2H3. The van der Waals surface area contributed by atoms with Crippen LogP contribution in [0.25, 0.3) is 0 Å². The fourth-order valence-corrected chi connectivity index (χ4v) is 4.11. The highest BCUT2D eigenvalue weighted by Crippen LogP contribution is 2.15. The predicted molar refractivity (Wildman–Crippen MR) is 126 cm³/mol. The van der Waals surface area contributed by atoms with Gasteiger partial charge in [-0.3, -0.25) is 0 Å². The summed E-state index contributed by atoms with van der Waals surface area (Å²) in [6.07, 6.45) is 32.5. The van der Waals surface area contributed by atoms with Gasteiger partial charge in [0.15, 0.2) is 0 Å². The molecule has 1 unspecified atom stereocenters. The van der Waals surface area contributed by atoms with Crippen molar-refractivity contribution in [3.63, 3.8) is 0 Å². The Balaban J connectivity index is 3.12. The highest BCUT2D eigenvalue weighted by molar-refractivity contribution is 4.62. The van der Waals surface area contributed by atoms with E-state index in [1.165, 1.54) is 148 Å². The van der Waals surface area contributed by atoms with E-state index in [-0.39, 0.29) is 0 Å². The molecule has 0 aromatic heterocycles. The van der Waals surface area contributed by atoms with Crippen LogP contribution in [0.4, 0.5) is 0 Å². The quantitative estimate of drug-likeness (QED) is 0.175. The molecule has 0 aliphatic carbocycles. The second-order valence-electron chi connectivity index (χ2n) is 9.05. The lowest BCUT2D eigenvalue weighted by Gasteiger charge is -2.11. The van der Waals surface area contributed by atoms with Crippen LogP contribution in [0.15, 0.2) is 0 Å². The minimum absolute atomic E-state index is 0.470. The van der Waals surface area contributed by atoms with E-state index in [1.807, 2.05) is 0 Å². The Bertz CT molecular complexity index is 251. The second kappa shape index (κ2) is 24.0. The van der Waals surface area contributed by atoms with E-state index in [0.717, 1.165) is 0 Å². The minimum atomic E-state index is 0.470. The molecule has 1 heteroatoms. The van der Waals surface area contributed by atoms with Crippen LogP contribution in [-0.4, -0.2) is 6.04 Å². The first-order valence-corrected chi connectivity index (χ1v) is 13.1. The fourth-order valence-electron chi connectivity index (χ4n) is 4.11. The molecule has 0 radical (unpaired) electrons. The molecular formula is C26H55N. The Kier molecular flexibility index (Phi) is 24.0. The number of hydrogen-bond donors (Lipinski definition) is 1. The van der Waals surface area contributed by atoms with E-state index in [2.05, 4.69) is 13.8 Å². The summed E-state index contributed by atoms with van der Waals surface area (Å²) in [5, 5.41) is 0. The molecule has 0 heterocycles. The lowest BCUT2D eigenvalue weighted by atomic mass is 10.00. The zero-order valence-electron chi connectivity index (χ0n) is 19.4. The fraction of sp³-hybridized carbons (Fsp3) is 1.00. The van der Waals surface area contributed by atoms with Crippen LogP contribution >= 0.6 is 0 Å². The Hall–Kier alpha value is -0.0400. The van der Waals surface area contributed by atoms with Crippen LogP contribution in [0.1, 0.15) is 162 Å². The van der Waals surface area contributed by atoms with E-state index in [9.17, 15) is 0 Å². The van der Waals surface area contributed by atoms with Crippen LogP contribution in [-0.2, 0) is 0 Å². The molecule has 1 atom stereocenters. The summed E-state index contributed by atoms with van der Waals surface area (Å²) in [4.78, 5) is 0. The van der Waals surface area contributed by atoms with Gasteiger partial charge in [0.25, 0.3) is 0 Å². The summed E-state index contributed by atoms with van der Waals surface area (Å²) in [5.74, 6) is 0. The molecule has 0 fully saturated rings. The average Bonchev–Trinajstić information content (AvgIpc) is 2.67. The Morgan fingerprint density at radius 1 is 0.370 bits per heavy atom. The van der Waals surface area contributed by atoms with Crippen LogP contribution in [0.2, 0.25) is 0 Å². The molecule has 1 nitrogen and oxygen atoms in total. The molecule has 0 saturated heterocycles. The predicted octanol–water partition coefficient (Wildman–Crippen LogP) is 9.33. The van der Waals surface area contributed by atoms with Gasteiger partial charge in [0.05, 0.1) is 0 Å². The van der Waals surface area contributed by atoms with Gasteiger partial charge in [0.2, 0.25) is 0 Å². The first-order valence-electron chi connectivity index (χ1n) is 13.1. The van der Waals surface area contributed by atoms with Gasteiger partial charge in [-0.1, -0.05) is 149 Å². The van der Waals surface area contributed by atoms with Crippen LogP contribution in [0.5, 0.6) is 0 Å². The summed E-state index contributed by atoms with van der Waals surface area (Å²) in [6, 6.07) is 0.470. The Morgan fingerprint density at radius 2 is 0.593 bits per heavy atom. The third-order valence-electron chi connectivity index (χ3n) is 6.11. The van der Waals surface area contributed by atoms with Crippen molar-refractivity contribution in [3.8, 4) is 0 Å². The summed E-state index contributed by atoms with van der Waals surface area (Å²) in [5.41, 5.74) is 6.30. The van der Waals surface area contributed by atoms with E-state index in [4.69, 9.17) is 5.73 Å². The molecule has 27 heavy (non-hydrogen) atoms. The van der Waals surface area contributed by atoms with Crippen molar-refractivity contribution in [1.82, 2.24) is 0 Å². The third kappa shape index (κ3) is 23.9. The number of rotatable bonds is 23. The van der Waals surface area contributed by atoms with Crippen molar-refractivity contribution in [3.05, 3.63) is 0 Å². The zero-order valence-corrected chi connectivity index (χ0v) is 19.4. The summed E-state index contributed by atoms with van der Waals surface area (Å²) in [6.45, 7) is 4.59. The normalized spacial score (nSPS) is 12.6. The van der Waals surface area contributed by atoms with Crippen LogP contribution in [0.3, 0.4) is 0 Å². The Morgan fingerprint density at radius 3 is 0.852 bits per heavy atom. The molecule has 0 amide bonds. The SMILES string of the molecule is CCCCCCCCCCCCCC(N)CCCCCCCCCCCC. The first kappa shape index (κ1) is 27.0. The van der Waals surface area contributed by atoms with Gasteiger partial charge in [-0.05, 0) is 12.8 Å². The van der Waals surface area contributed by atoms with Gasteiger partial charge in [0.1, 0.15) is 0 Å². The van der Waals surface area contributed by atoms with E-state index in [0.29, 0.717) is 6.04 Å². The molecule has 0 saturated carbocycles. The molecule has 0 bridgehead atoms. The van der Waals surface area contributed by atoms with Crippen LogP contribution in [0, 0.1) is 0 Å². The first-order chi connectivity index (χ1) is 13.3. The van der Waals surface area contributed by atoms with Crippen molar-refractivity contribution < 1.29 is 0 Å². The van der Waals surface area contributed by atoms with E-state index < -0.39 is 0 Å². The topological polar surface area (TPSA) is 26.0 Å². The van der Waals surface area contributed by atoms with E-state index in [1.54, 1.807) is 0 Å². The largest absolute Gasteiger partial charge is 0.328 e. The van der Waals surface area contributed by atoms with Gasteiger partial charge in [0, 0.05) is 6.04 Å². The van der Waals surface area contributed by atoms with Gasteiger partial charge >= 0.3 is 0 Å². The molecule has 0 aliphatic rings. The average molecular weight is 382 g/mol. The molecular weight excluding hydrogens is 326 g/mol. The van der Waals surface area contributed by atoms with Crippen molar-refractivity contribution in [2.75, 3.05) is 0 Å². The van der Waals surface area contributed by atoms with E-state index >= 15 is 0 Å². The maximum atomic E-state index is 6.30. The van der Waals surface area contributed by atoms with Crippen molar-refractivity contribution >= 4 is 0 Å². The van der Waals surface area contributed by atoms with Gasteiger partial charge < -0.3 is 5.73 Å². The molecule has 0 aliphatic heterocycles. The molecule has 0 rings (SSSR count). The number of hydrogen-bond acceptors (Lipinski definition) is 1. The summed E-state index contributed by atoms with van der Waals surface area (Å²) < 4.78 is 0. The van der Waals surface area contributed by atoms with Gasteiger partial charge in [-0.15, -0.1) is 0 Å². The Labute approximate surface area is 173 Å². The smallest absolute Gasteiger partial charge is 0.00388 e.